The molecule has 11 rings (SSSR count). The summed E-state index contributed by atoms with van der Waals surface area (Å²) in [6.45, 7) is 9.47. The van der Waals surface area contributed by atoms with E-state index in [9.17, 15) is 0 Å². The second-order valence-electron chi connectivity index (χ2n) is 15.7. The maximum absolute atomic E-state index is 5.86. The van der Waals surface area contributed by atoms with Gasteiger partial charge in [0.05, 0.1) is 11.0 Å². The molecule has 11 aromatic rings. The average Bonchev–Trinajstić information content (AvgIpc) is 3.67. The van der Waals surface area contributed by atoms with Gasteiger partial charge >= 0.3 is 0 Å². The monoisotopic (exact) mass is 801 g/mol. The minimum Gasteiger partial charge on any atom is -0.326 e. The Balaban J connectivity index is 0.000000126. The highest BCUT2D eigenvalue weighted by Gasteiger charge is 2.12. The van der Waals surface area contributed by atoms with Crippen molar-refractivity contribution in [2.75, 3.05) is 0 Å². The van der Waals surface area contributed by atoms with Crippen molar-refractivity contribution in [1.29, 1.82) is 5.41 Å². The Labute approximate surface area is 364 Å². The zero-order valence-electron chi connectivity index (χ0n) is 35.6. The number of nitrogens with two attached hydrogens (primary N) is 1. The maximum atomic E-state index is 5.86. The van der Waals surface area contributed by atoms with Crippen LogP contribution in [0.25, 0.3) is 82.1 Å². The quantitative estimate of drug-likeness (QED) is 0.135. The Morgan fingerprint density at radius 1 is 0.355 bits per heavy atom. The van der Waals surface area contributed by atoms with E-state index in [4.69, 9.17) is 11.1 Å². The van der Waals surface area contributed by atoms with Crippen molar-refractivity contribution in [1.82, 2.24) is 4.57 Å². The smallest absolute Gasteiger partial charge is 0.0541 e. The Bertz CT molecular complexity index is 3220. The van der Waals surface area contributed by atoms with E-state index < -0.39 is 0 Å². The highest BCUT2D eigenvalue weighted by atomic mass is 15.0. The van der Waals surface area contributed by atoms with Gasteiger partial charge in [0.25, 0.3) is 0 Å². The van der Waals surface area contributed by atoms with Gasteiger partial charge in [0.2, 0.25) is 0 Å². The van der Waals surface area contributed by atoms with Gasteiger partial charge in [-0.1, -0.05) is 193 Å². The highest BCUT2D eigenvalue weighted by molar-refractivity contribution is 6.25. The third-order valence-electron chi connectivity index (χ3n) is 11.4. The molecule has 10 aromatic carbocycles. The second-order valence-corrected chi connectivity index (χ2v) is 15.7. The van der Waals surface area contributed by atoms with Gasteiger partial charge in [-0.25, -0.2) is 0 Å². The molecule has 0 atom stereocenters. The Kier molecular flexibility index (Phi) is 12.5. The summed E-state index contributed by atoms with van der Waals surface area (Å²) < 4.78 is 2.33. The Morgan fingerprint density at radius 3 is 1.35 bits per heavy atom. The van der Waals surface area contributed by atoms with Crippen LogP contribution in [0.2, 0.25) is 0 Å². The van der Waals surface area contributed by atoms with Gasteiger partial charge in [0.15, 0.2) is 0 Å². The van der Waals surface area contributed by atoms with Crippen molar-refractivity contribution in [3.63, 3.8) is 0 Å². The molecule has 62 heavy (non-hydrogen) atoms. The lowest BCUT2D eigenvalue weighted by Crippen LogP contribution is -2.00. The van der Waals surface area contributed by atoms with Crippen molar-refractivity contribution in [3.05, 3.63) is 235 Å². The maximum Gasteiger partial charge on any atom is 0.0541 e. The number of hydrogen-bond acceptors (Lipinski definition) is 2. The number of rotatable bonds is 4. The summed E-state index contributed by atoms with van der Waals surface area (Å²) in [5, 5.41) is 16.2. The van der Waals surface area contributed by atoms with Gasteiger partial charge in [0.1, 0.15) is 0 Å². The van der Waals surface area contributed by atoms with Crippen LogP contribution in [0.15, 0.2) is 212 Å². The summed E-state index contributed by atoms with van der Waals surface area (Å²) in [5.74, 6) is 0. The molecule has 0 amide bonds. The molecule has 1 aromatic heterocycles. The summed E-state index contributed by atoms with van der Waals surface area (Å²) in [6, 6.07) is 75.6. The molecule has 0 aliphatic heterocycles. The summed E-state index contributed by atoms with van der Waals surface area (Å²) in [6.07, 6.45) is 0. The summed E-state index contributed by atoms with van der Waals surface area (Å²) >= 11 is 0. The van der Waals surface area contributed by atoms with Crippen LogP contribution in [-0.4, -0.2) is 11.3 Å². The molecule has 0 aliphatic rings. The second kappa shape index (κ2) is 18.8. The molecule has 3 N–H and O–H groups in total. The van der Waals surface area contributed by atoms with Crippen molar-refractivity contribution in [3.8, 4) is 27.9 Å². The number of fused-ring (bicyclic) bond motifs is 9. The predicted molar refractivity (Wildman–Crippen MR) is 269 cm³/mol. The molecule has 0 saturated heterocycles. The number of benzene rings is 10. The molecular weight excluding hydrogens is 751 g/mol. The number of aromatic nitrogens is 1. The first-order chi connectivity index (χ1) is 30.4. The lowest BCUT2D eigenvalue weighted by atomic mass is 9.93. The SMILES string of the molecule is C=N.Cc1cc(CN)cc(-n2c3ccccc3c3ccccc32)c1.Cc1ccc2c3ccccc3c3ccccc3c2c1.Cc1cccc(-c2cccc(-c3ccccc3)c2)c1. The van der Waals surface area contributed by atoms with Crippen LogP contribution < -0.4 is 5.73 Å². The van der Waals surface area contributed by atoms with Gasteiger partial charge in [0, 0.05) is 23.0 Å². The first-order valence-electron chi connectivity index (χ1n) is 21.1. The number of para-hydroxylation sites is 2. The fourth-order valence-corrected chi connectivity index (χ4v) is 8.64. The van der Waals surface area contributed by atoms with Crippen LogP contribution in [0.4, 0.5) is 0 Å². The molecule has 3 nitrogen and oxygen atoms in total. The van der Waals surface area contributed by atoms with Crippen LogP contribution in [0.1, 0.15) is 22.3 Å². The van der Waals surface area contributed by atoms with Crippen LogP contribution in [0, 0.1) is 26.2 Å². The van der Waals surface area contributed by atoms with Gasteiger partial charge < -0.3 is 15.7 Å². The summed E-state index contributed by atoms with van der Waals surface area (Å²) in [5.41, 5.74) is 19.6. The normalized spacial score (nSPS) is 10.8. The van der Waals surface area contributed by atoms with E-state index in [1.165, 1.54) is 98.8 Å². The largest absolute Gasteiger partial charge is 0.326 e. The van der Waals surface area contributed by atoms with Crippen molar-refractivity contribution >= 4 is 60.8 Å². The minimum absolute atomic E-state index is 0.561. The number of nitrogens with zero attached hydrogens (tertiary/aromatic N) is 1. The third kappa shape index (κ3) is 8.53. The van der Waals surface area contributed by atoms with Gasteiger partial charge in [-0.05, 0) is 124 Å². The van der Waals surface area contributed by atoms with Crippen LogP contribution in [0.3, 0.4) is 0 Å². The molecule has 1 heterocycles. The van der Waals surface area contributed by atoms with E-state index in [0.29, 0.717) is 6.54 Å². The van der Waals surface area contributed by atoms with E-state index in [1.807, 2.05) is 6.07 Å². The first-order valence-corrected chi connectivity index (χ1v) is 21.1. The zero-order valence-corrected chi connectivity index (χ0v) is 35.6. The Morgan fingerprint density at radius 2 is 0.790 bits per heavy atom. The third-order valence-corrected chi connectivity index (χ3v) is 11.4. The van der Waals surface area contributed by atoms with E-state index >= 15 is 0 Å². The van der Waals surface area contributed by atoms with E-state index in [2.05, 4.69) is 238 Å². The molecule has 0 fully saturated rings. The fraction of sp³-hybridized carbons (Fsp3) is 0.0678. The van der Waals surface area contributed by atoms with E-state index in [0.717, 1.165) is 5.56 Å². The number of aryl methyl sites for hydroxylation is 3. The van der Waals surface area contributed by atoms with E-state index in [1.54, 1.807) is 0 Å². The predicted octanol–water partition coefficient (Wildman–Crippen LogP) is 15.6. The molecule has 0 aliphatic carbocycles. The summed E-state index contributed by atoms with van der Waals surface area (Å²) in [4.78, 5) is 0. The van der Waals surface area contributed by atoms with Crippen LogP contribution >= 0.6 is 0 Å². The first kappa shape index (κ1) is 41.2. The van der Waals surface area contributed by atoms with Crippen molar-refractivity contribution < 1.29 is 0 Å². The lowest BCUT2D eigenvalue weighted by molar-refractivity contribution is 1.05. The Hall–Kier alpha value is -7.59. The molecule has 3 heteroatoms. The fourth-order valence-electron chi connectivity index (χ4n) is 8.64. The topological polar surface area (TPSA) is 54.8 Å². The molecule has 0 saturated carbocycles. The molecule has 0 bridgehead atoms. The van der Waals surface area contributed by atoms with Gasteiger partial charge in [-0.2, -0.15) is 0 Å². The average molecular weight is 802 g/mol. The van der Waals surface area contributed by atoms with E-state index in [-0.39, 0.29) is 0 Å². The van der Waals surface area contributed by atoms with Crippen LogP contribution in [-0.2, 0) is 6.54 Å². The zero-order chi connectivity index (χ0) is 43.0. The van der Waals surface area contributed by atoms with Crippen LogP contribution in [0.5, 0.6) is 0 Å². The van der Waals surface area contributed by atoms with Crippen molar-refractivity contribution in [2.24, 2.45) is 5.73 Å². The number of nitrogens with one attached hydrogen (secondary N) is 1. The number of hydrogen-bond donors (Lipinski definition) is 2. The lowest BCUT2D eigenvalue weighted by Gasteiger charge is -2.11. The highest BCUT2D eigenvalue weighted by Crippen LogP contribution is 2.36. The van der Waals surface area contributed by atoms with Gasteiger partial charge in [-0.15, -0.1) is 0 Å². The molecule has 0 unspecified atom stereocenters. The standard InChI is InChI=1S/C20H18N2.C19H14.C19H16.CH3N/c1-14-10-15(13-21)12-16(11-14)22-19-8-4-2-6-17(19)18-7-3-5-9-20(18)22;1-13-10-11-18-16-8-3-2-6-14(16)15-7-4-5-9-17(15)19(18)12-13;1-15-7-5-10-17(13-15)19-12-6-11-18(14-19)16-8-3-2-4-9-16;1-2/h2-12H,13,21H2,1H3;2-12H,1H3;2-14H,1H3;2H,1H2. The van der Waals surface area contributed by atoms with Gasteiger partial charge in [-0.3, -0.25) is 0 Å². The molecular formula is C59H51N3. The molecule has 302 valence electrons. The minimum atomic E-state index is 0.561. The molecule has 0 radical (unpaired) electrons. The molecule has 0 spiro atoms. The summed E-state index contributed by atoms with van der Waals surface area (Å²) in [7, 11) is 0. The van der Waals surface area contributed by atoms with Crippen molar-refractivity contribution in [2.45, 2.75) is 27.3 Å².